The molecule has 2 amide bonds. The number of alkyl carbamates (subject to hydrolysis) is 1. The highest BCUT2D eigenvalue weighted by Crippen LogP contribution is 2.23. The van der Waals surface area contributed by atoms with E-state index in [0.29, 0.717) is 6.54 Å². The minimum absolute atomic E-state index is 0.147. The summed E-state index contributed by atoms with van der Waals surface area (Å²) in [7, 11) is 0. The van der Waals surface area contributed by atoms with Gasteiger partial charge in [0.1, 0.15) is 23.8 Å². The maximum Gasteiger partial charge on any atom is 0.408 e. The molecule has 202 valence electrons. The Bertz CT molecular complexity index is 1160. The van der Waals surface area contributed by atoms with Gasteiger partial charge in [-0.05, 0) is 63.1 Å². The first-order valence-corrected chi connectivity index (χ1v) is 12.8. The van der Waals surface area contributed by atoms with Crippen molar-refractivity contribution in [3.05, 3.63) is 73.1 Å². The molecule has 9 heteroatoms. The molecule has 1 fully saturated rings. The Kier molecular flexibility index (Phi) is 10.0. The smallest absolute Gasteiger partial charge is 0.408 e. The van der Waals surface area contributed by atoms with Crippen LogP contribution in [-0.4, -0.2) is 66.0 Å². The number of amidine groups is 1. The summed E-state index contributed by atoms with van der Waals surface area (Å²) in [6.07, 6.45) is 6.84. The number of ether oxygens (including phenoxy) is 1. The average molecular weight is 519 g/mol. The fourth-order valence-corrected chi connectivity index (χ4v) is 3.97. The van der Waals surface area contributed by atoms with Crippen LogP contribution in [0.4, 0.5) is 10.6 Å². The Morgan fingerprint density at radius 2 is 1.87 bits per heavy atom. The van der Waals surface area contributed by atoms with Crippen LogP contribution < -0.4 is 15.5 Å². The predicted molar refractivity (Wildman–Crippen MR) is 152 cm³/mol. The lowest BCUT2D eigenvalue weighted by Gasteiger charge is -2.36. The van der Waals surface area contributed by atoms with Crippen molar-refractivity contribution >= 4 is 23.7 Å². The first-order chi connectivity index (χ1) is 18.2. The summed E-state index contributed by atoms with van der Waals surface area (Å²) in [6, 6.07) is 12.1. The molecule has 9 nitrogen and oxygen atoms in total. The normalized spacial score (nSPS) is 14.4. The summed E-state index contributed by atoms with van der Waals surface area (Å²) in [6.45, 7) is 14.7. The second-order valence-electron chi connectivity index (χ2n) is 9.88. The lowest BCUT2D eigenvalue weighted by molar-refractivity contribution is -0.120. The number of hydrogen-bond donors (Lipinski definition) is 2. The van der Waals surface area contributed by atoms with Gasteiger partial charge in [0, 0.05) is 50.7 Å². The van der Waals surface area contributed by atoms with Gasteiger partial charge in [0.15, 0.2) is 0 Å². The first kappa shape index (κ1) is 28.4. The number of amides is 2. The number of pyridine rings is 1. The second-order valence-corrected chi connectivity index (χ2v) is 9.88. The van der Waals surface area contributed by atoms with Gasteiger partial charge >= 0.3 is 6.09 Å². The molecule has 0 bridgehead atoms. The van der Waals surface area contributed by atoms with Crippen molar-refractivity contribution in [3.63, 3.8) is 0 Å². The van der Waals surface area contributed by atoms with Gasteiger partial charge in [0.25, 0.3) is 0 Å². The van der Waals surface area contributed by atoms with Crippen molar-refractivity contribution in [2.45, 2.75) is 39.8 Å². The lowest BCUT2D eigenvalue weighted by Crippen LogP contribution is -2.48. The summed E-state index contributed by atoms with van der Waals surface area (Å²) in [5.74, 6) is 1.59. The van der Waals surface area contributed by atoms with E-state index in [1.165, 1.54) is 0 Å². The minimum Gasteiger partial charge on any atom is -0.444 e. The van der Waals surface area contributed by atoms with Gasteiger partial charge in [-0.3, -0.25) is 4.79 Å². The fraction of sp³-hybridized carbons (Fsp3) is 0.379. The number of nitrogens with zero attached hydrogens (tertiary/aromatic N) is 4. The molecule has 0 radical (unpaired) electrons. The Labute approximate surface area is 225 Å². The van der Waals surface area contributed by atoms with Crippen LogP contribution in [0.5, 0.6) is 0 Å². The maximum atomic E-state index is 12.1. The van der Waals surface area contributed by atoms with Crippen LogP contribution in [0, 0.1) is 0 Å². The van der Waals surface area contributed by atoms with E-state index in [2.05, 4.69) is 38.1 Å². The van der Waals surface area contributed by atoms with Crippen LogP contribution in [0.25, 0.3) is 11.1 Å². The van der Waals surface area contributed by atoms with Crippen molar-refractivity contribution in [2.24, 2.45) is 4.99 Å². The number of aromatic nitrogens is 1. The molecule has 2 aromatic rings. The number of nitrogens with one attached hydrogen (secondary N) is 2. The maximum absolute atomic E-state index is 12.1. The Hall–Kier alpha value is -4.14. The number of aliphatic imine (C=N–C) groups is 1. The Balaban J connectivity index is 1.52. The van der Waals surface area contributed by atoms with E-state index in [9.17, 15) is 9.59 Å². The predicted octanol–water partition coefficient (Wildman–Crippen LogP) is 4.13. The van der Waals surface area contributed by atoms with Gasteiger partial charge in [0.2, 0.25) is 5.91 Å². The molecule has 0 aliphatic carbocycles. The van der Waals surface area contributed by atoms with Gasteiger partial charge in [-0.25, -0.2) is 14.8 Å². The van der Waals surface area contributed by atoms with E-state index in [4.69, 9.17) is 9.72 Å². The van der Waals surface area contributed by atoms with Crippen LogP contribution >= 0.6 is 0 Å². The van der Waals surface area contributed by atoms with Crippen molar-refractivity contribution in [1.82, 2.24) is 20.5 Å². The zero-order valence-corrected chi connectivity index (χ0v) is 22.7. The van der Waals surface area contributed by atoms with Crippen molar-refractivity contribution in [2.75, 3.05) is 37.6 Å². The molecule has 0 saturated carbocycles. The van der Waals surface area contributed by atoms with Crippen molar-refractivity contribution in [3.8, 4) is 11.1 Å². The monoisotopic (exact) mass is 518 g/mol. The van der Waals surface area contributed by atoms with E-state index < -0.39 is 11.7 Å². The fourth-order valence-electron chi connectivity index (χ4n) is 3.97. The highest BCUT2D eigenvalue weighted by atomic mass is 16.6. The average Bonchev–Trinajstić information content (AvgIpc) is 2.90. The number of allylic oxidation sites excluding steroid dienone is 1. The van der Waals surface area contributed by atoms with Crippen LogP contribution in [-0.2, 0) is 16.1 Å². The molecule has 1 aliphatic heterocycles. The summed E-state index contributed by atoms with van der Waals surface area (Å²) >= 11 is 0. The molecular weight excluding hydrogens is 480 g/mol. The number of hydrogen-bond acceptors (Lipinski definition) is 6. The van der Waals surface area contributed by atoms with E-state index in [1.54, 1.807) is 27.0 Å². The molecule has 2 N–H and O–H groups in total. The summed E-state index contributed by atoms with van der Waals surface area (Å²) in [4.78, 5) is 37.5. The molecule has 2 heterocycles. The van der Waals surface area contributed by atoms with Crippen LogP contribution in [0.1, 0.15) is 33.3 Å². The van der Waals surface area contributed by atoms with Gasteiger partial charge in [-0.2, -0.15) is 0 Å². The highest BCUT2D eigenvalue weighted by Gasteiger charge is 2.20. The first-order valence-electron chi connectivity index (χ1n) is 12.8. The van der Waals surface area contributed by atoms with Crippen molar-refractivity contribution < 1.29 is 14.3 Å². The van der Waals surface area contributed by atoms with E-state index in [0.717, 1.165) is 54.5 Å². The SMILES string of the molecule is C=CN=C(/C=C\C)N1CCN(c2ccc(-c3cccc(CNC(=O)CNC(=O)OC(C)(C)C)c3)cn2)CC1. The number of carbonyl (C=O) groups is 2. The zero-order chi connectivity index (χ0) is 27.5. The van der Waals surface area contributed by atoms with Gasteiger partial charge in [-0.1, -0.05) is 30.9 Å². The second kappa shape index (κ2) is 13.4. The Morgan fingerprint density at radius 1 is 1.11 bits per heavy atom. The van der Waals surface area contributed by atoms with E-state index in [-0.39, 0.29) is 12.5 Å². The standard InChI is InChI=1S/C29H38N6O3/c1-6-9-25(30-7-2)34-14-16-35(17-15-34)26-13-12-24(20-31-26)23-11-8-10-22(18-23)19-32-27(36)21-33-28(37)38-29(3,4)5/h6-13,18,20H,2,14-17,19,21H2,1,3-5H3,(H,32,36)(H,33,37)/b9-6-,30-25?. The number of carbonyl (C=O) groups excluding carboxylic acids is 2. The Morgan fingerprint density at radius 3 is 2.50 bits per heavy atom. The molecular formula is C29H38N6O3. The quantitative estimate of drug-likeness (QED) is 0.403. The van der Waals surface area contributed by atoms with Gasteiger partial charge < -0.3 is 25.2 Å². The number of piperazine rings is 1. The molecule has 38 heavy (non-hydrogen) atoms. The number of benzene rings is 1. The van der Waals surface area contributed by atoms with E-state index >= 15 is 0 Å². The summed E-state index contributed by atoms with van der Waals surface area (Å²) < 4.78 is 5.14. The number of rotatable bonds is 8. The van der Waals surface area contributed by atoms with E-state index in [1.807, 2.05) is 55.6 Å². The molecule has 1 aliphatic rings. The topological polar surface area (TPSA) is 99.2 Å². The third-order valence-corrected chi connectivity index (χ3v) is 5.76. The van der Waals surface area contributed by atoms with Gasteiger partial charge in [0.05, 0.1) is 0 Å². The zero-order valence-electron chi connectivity index (χ0n) is 22.7. The molecule has 0 atom stereocenters. The third-order valence-electron chi connectivity index (χ3n) is 5.76. The molecule has 1 aromatic heterocycles. The largest absolute Gasteiger partial charge is 0.444 e. The van der Waals surface area contributed by atoms with Crippen LogP contribution in [0.15, 0.2) is 72.5 Å². The summed E-state index contributed by atoms with van der Waals surface area (Å²) in [5, 5.41) is 5.28. The van der Waals surface area contributed by atoms with Crippen LogP contribution in [0.3, 0.4) is 0 Å². The highest BCUT2D eigenvalue weighted by molar-refractivity contribution is 5.93. The number of anilines is 1. The summed E-state index contributed by atoms with van der Waals surface area (Å²) in [5.41, 5.74) is 2.36. The lowest BCUT2D eigenvalue weighted by atomic mass is 10.0. The minimum atomic E-state index is -0.618. The molecule has 0 spiro atoms. The molecule has 1 saturated heterocycles. The van der Waals surface area contributed by atoms with Crippen molar-refractivity contribution in [1.29, 1.82) is 0 Å². The van der Waals surface area contributed by atoms with Gasteiger partial charge in [-0.15, -0.1) is 0 Å². The molecule has 1 aromatic carbocycles. The molecule has 0 unspecified atom stereocenters. The molecule has 3 rings (SSSR count). The van der Waals surface area contributed by atoms with Crippen LogP contribution in [0.2, 0.25) is 0 Å². The third kappa shape index (κ3) is 8.76.